The molecular weight excluding hydrogens is 510 g/mol. The predicted octanol–water partition coefficient (Wildman–Crippen LogP) is 3.33. The Labute approximate surface area is 220 Å². The van der Waals surface area contributed by atoms with E-state index < -0.39 is 26.4 Å². The number of aromatic nitrogens is 4. The minimum Gasteiger partial charge on any atom is -0.494 e. The SMILES string of the molecule is COc1cccc(OC)c1-n1c(CS(=O)(=O)[C@@H](C)[C@](C)(O)c2ccc(C#N)cn2)nnc1-c1ccc(C)o1. The average molecular weight is 538 g/mol. The van der Waals surface area contributed by atoms with Gasteiger partial charge in [-0.05, 0) is 57.2 Å². The fourth-order valence-electron chi connectivity index (χ4n) is 4.03. The highest BCUT2D eigenvalue weighted by atomic mass is 32.2. The summed E-state index contributed by atoms with van der Waals surface area (Å²) in [6.45, 7) is 4.55. The lowest BCUT2D eigenvalue weighted by Crippen LogP contribution is -2.41. The van der Waals surface area contributed by atoms with Crippen LogP contribution in [0, 0.1) is 18.3 Å². The van der Waals surface area contributed by atoms with E-state index in [0.717, 1.165) is 0 Å². The molecule has 4 aromatic rings. The van der Waals surface area contributed by atoms with Gasteiger partial charge in [0.25, 0.3) is 0 Å². The maximum absolute atomic E-state index is 13.7. The number of furan rings is 1. The van der Waals surface area contributed by atoms with Crippen LogP contribution in [0.5, 0.6) is 11.5 Å². The van der Waals surface area contributed by atoms with Crippen LogP contribution in [0.4, 0.5) is 0 Å². The second-order valence-corrected chi connectivity index (χ2v) is 11.2. The second-order valence-electron chi connectivity index (χ2n) is 8.84. The average Bonchev–Trinajstić information content (AvgIpc) is 3.52. The second kappa shape index (κ2) is 10.3. The molecule has 12 heteroatoms. The van der Waals surface area contributed by atoms with Crippen LogP contribution in [0.3, 0.4) is 0 Å². The van der Waals surface area contributed by atoms with Gasteiger partial charge in [0.1, 0.15) is 40.4 Å². The number of aliphatic hydroxyl groups is 1. The number of rotatable bonds is 9. The van der Waals surface area contributed by atoms with Gasteiger partial charge in [-0.25, -0.2) is 8.42 Å². The molecule has 0 bridgehead atoms. The van der Waals surface area contributed by atoms with E-state index in [9.17, 15) is 13.5 Å². The molecule has 0 fully saturated rings. The fraction of sp³-hybridized carbons (Fsp3) is 0.308. The summed E-state index contributed by atoms with van der Waals surface area (Å²) in [5, 5.41) is 27.4. The van der Waals surface area contributed by atoms with Crippen molar-refractivity contribution in [2.24, 2.45) is 0 Å². The van der Waals surface area contributed by atoms with Crippen molar-refractivity contribution in [1.29, 1.82) is 5.26 Å². The van der Waals surface area contributed by atoms with Gasteiger partial charge in [0.15, 0.2) is 21.4 Å². The monoisotopic (exact) mass is 537 g/mol. The highest BCUT2D eigenvalue weighted by molar-refractivity contribution is 7.91. The van der Waals surface area contributed by atoms with Crippen molar-refractivity contribution in [2.45, 2.75) is 37.4 Å². The van der Waals surface area contributed by atoms with Crippen LogP contribution in [0.2, 0.25) is 0 Å². The Morgan fingerprint density at radius 3 is 2.34 bits per heavy atom. The molecular formula is C26H27N5O6S. The molecule has 0 radical (unpaired) electrons. The maximum Gasteiger partial charge on any atom is 0.204 e. The Morgan fingerprint density at radius 2 is 1.82 bits per heavy atom. The van der Waals surface area contributed by atoms with E-state index in [4.69, 9.17) is 19.2 Å². The molecule has 1 N–H and O–H groups in total. The first-order chi connectivity index (χ1) is 18.0. The van der Waals surface area contributed by atoms with Gasteiger partial charge in [-0.15, -0.1) is 10.2 Å². The summed E-state index contributed by atoms with van der Waals surface area (Å²) >= 11 is 0. The third-order valence-electron chi connectivity index (χ3n) is 6.39. The Hall–Kier alpha value is -4.21. The normalized spacial score (nSPS) is 13.9. The van der Waals surface area contributed by atoms with Gasteiger partial charge in [-0.2, -0.15) is 5.26 Å². The van der Waals surface area contributed by atoms with Crippen molar-refractivity contribution in [3.05, 3.63) is 71.5 Å². The molecule has 0 saturated carbocycles. The smallest absolute Gasteiger partial charge is 0.204 e. The van der Waals surface area contributed by atoms with Crippen LogP contribution >= 0.6 is 0 Å². The zero-order valence-corrected chi connectivity index (χ0v) is 22.4. The van der Waals surface area contributed by atoms with Crippen LogP contribution in [0.15, 0.2) is 53.1 Å². The van der Waals surface area contributed by atoms with Crippen molar-refractivity contribution in [3.8, 4) is 34.8 Å². The number of nitriles is 1. The highest BCUT2D eigenvalue weighted by Gasteiger charge is 2.41. The Kier molecular flexibility index (Phi) is 7.26. The number of hydrogen-bond donors (Lipinski definition) is 1. The lowest BCUT2D eigenvalue weighted by Gasteiger charge is -2.29. The van der Waals surface area contributed by atoms with Crippen molar-refractivity contribution in [3.63, 3.8) is 0 Å². The lowest BCUT2D eigenvalue weighted by atomic mass is 9.97. The minimum atomic E-state index is -4.06. The summed E-state index contributed by atoms with van der Waals surface area (Å²) in [7, 11) is -1.09. The molecule has 1 aromatic carbocycles. The first-order valence-electron chi connectivity index (χ1n) is 11.6. The minimum absolute atomic E-state index is 0.0623. The summed E-state index contributed by atoms with van der Waals surface area (Å²) in [4.78, 5) is 4.10. The Morgan fingerprint density at radius 1 is 1.13 bits per heavy atom. The van der Waals surface area contributed by atoms with E-state index in [1.54, 1.807) is 37.3 Å². The van der Waals surface area contributed by atoms with Crippen LogP contribution in [-0.2, 0) is 21.2 Å². The number of methoxy groups -OCH3 is 2. The number of pyridine rings is 1. The van der Waals surface area contributed by atoms with Gasteiger partial charge >= 0.3 is 0 Å². The van der Waals surface area contributed by atoms with Gasteiger partial charge in [-0.3, -0.25) is 9.55 Å². The Balaban J connectivity index is 1.83. The lowest BCUT2D eigenvalue weighted by molar-refractivity contribution is 0.0518. The third kappa shape index (κ3) is 4.85. The van der Waals surface area contributed by atoms with Gasteiger partial charge in [-0.1, -0.05) is 6.07 Å². The molecule has 0 aliphatic heterocycles. The van der Waals surface area contributed by atoms with E-state index >= 15 is 0 Å². The summed E-state index contributed by atoms with van der Waals surface area (Å²) in [5.41, 5.74) is -1.06. The Bertz CT molecular complexity index is 1580. The standard InChI is InChI=1S/C26H27N5O6S/c1-16-9-11-21(37-16)25-30-29-23(31(25)24-19(35-4)7-6-8-20(24)36-5)15-38(33,34)17(2)26(3,32)22-12-10-18(13-27)14-28-22/h6-12,14,17,32H,15H2,1-5H3/t17-,26-/m0/s1. The fourth-order valence-corrected chi connectivity index (χ4v) is 5.65. The summed E-state index contributed by atoms with van der Waals surface area (Å²) in [6.07, 6.45) is 1.28. The van der Waals surface area contributed by atoms with E-state index in [1.165, 1.54) is 51.0 Å². The summed E-state index contributed by atoms with van der Waals surface area (Å²) in [6, 6.07) is 13.5. The van der Waals surface area contributed by atoms with E-state index in [1.807, 2.05) is 6.07 Å². The van der Waals surface area contributed by atoms with Crippen LogP contribution in [-0.4, -0.2) is 52.7 Å². The maximum atomic E-state index is 13.7. The van der Waals surface area contributed by atoms with Gasteiger partial charge in [0.2, 0.25) is 5.82 Å². The van der Waals surface area contributed by atoms with E-state index in [0.29, 0.717) is 34.3 Å². The first-order valence-corrected chi connectivity index (χ1v) is 13.3. The van der Waals surface area contributed by atoms with Gasteiger partial charge in [0, 0.05) is 6.20 Å². The molecule has 3 heterocycles. The molecule has 38 heavy (non-hydrogen) atoms. The van der Waals surface area contributed by atoms with Crippen LogP contribution < -0.4 is 9.47 Å². The van der Waals surface area contributed by atoms with Crippen molar-refractivity contribution in [2.75, 3.05) is 14.2 Å². The quantitative estimate of drug-likeness (QED) is 0.336. The van der Waals surface area contributed by atoms with Crippen molar-refractivity contribution < 1.29 is 27.4 Å². The largest absolute Gasteiger partial charge is 0.494 e. The molecule has 3 aromatic heterocycles. The zero-order valence-electron chi connectivity index (χ0n) is 21.5. The third-order valence-corrected chi connectivity index (χ3v) is 8.58. The van der Waals surface area contributed by atoms with E-state index in [2.05, 4.69) is 15.2 Å². The molecule has 0 amide bonds. The molecule has 4 rings (SSSR count). The molecule has 0 unspecified atom stereocenters. The number of para-hydroxylation sites is 1. The number of aryl methyl sites for hydroxylation is 1. The van der Waals surface area contributed by atoms with Gasteiger partial charge < -0.3 is 19.0 Å². The van der Waals surface area contributed by atoms with Gasteiger partial charge in [0.05, 0.1) is 30.7 Å². The molecule has 11 nitrogen and oxygen atoms in total. The van der Waals surface area contributed by atoms with Crippen LogP contribution in [0.25, 0.3) is 17.3 Å². The number of benzene rings is 1. The van der Waals surface area contributed by atoms with E-state index in [-0.39, 0.29) is 17.3 Å². The molecule has 0 aliphatic rings. The summed E-state index contributed by atoms with van der Waals surface area (Å²) < 4.78 is 45.8. The summed E-state index contributed by atoms with van der Waals surface area (Å²) in [5.74, 6) is 1.53. The van der Waals surface area contributed by atoms with Crippen molar-refractivity contribution >= 4 is 9.84 Å². The molecule has 0 aliphatic carbocycles. The molecule has 0 saturated heterocycles. The van der Waals surface area contributed by atoms with Crippen LogP contribution in [0.1, 0.15) is 36.7 Å². The molecule has 0 spiro atoms. The molecule has 198 valence electrons. The van der Waals surface area contributed by atoms with Crippen molar-refractivity contribution in [1.82, 2.24) is 19.7 Å². The molecule has 2 atom stereocenters. The topological polar surface area (TPSA) is 153 Å². The predicted molar refractivity (Wildman–Crippen MR) is 138 cm³/mol. The number of ether oxygens (including phenoxy) is 2. The first kappa shape index (κ1) is 26.8. The number of nitrogens with zero attached hydrogens (tertiary/aromatic N) is 5. The highest BCUT2D eigenvalue weighted by Crippen LogP contribution is 2.38. The zero-order chi connectivity index (χ0) is 27.7. The number of sulfone groups is 1. The number of hydrogen-bond acceptors (Lipinski definition) is 10.